The molecule has 3 atom stereocenters. The zero-order chi connectivity index (χ0) is 16.9. The monoisotopic (exact) mass is 343 g/mol. The van der Waals surface area contributed by atoms with Crippen LogP contribution >= 0.6 is 12.2 Å². The predicted octanol–water partition coefficient (Wildman–Crippen LogP) is 3.49. The van der Waals surface area contributed by atoms with E-state index in [1.54, 1.807) is 0 Å². The van der Waals surface area contributed by atoms with E-state index in [0.29, 0.717) is 18.8 Å². The van der Waals surface area contributed by atoms with Crippen LogP contribution in [0.1, 0.15) is 43.7 Å². The summed E-state index contributed by atoms with van der Waals surface area (Å²) in [4.78, 5) is 25.2. The first-order valence-corrected chi connectivity index (χ1v) is 9.28. The Hall–Kier alpha value is -1.59. The van der Waals surface area contributed by atoms with Crippen molar-refractivity contribution in [1.82, 2.24) is 0 Å². The van der Waals surface area contributed by atoms with Crippen LogP contribution in [0, 0.1) is 17.3 Å². The molecule has 0 saturated heterocycles. The second-order valence-corrected chi connectivity index (χ2v) is 7.73. The maximum Gasteiger partial charge on any atom is 0.160 e. The van der Waals surface area contributed by atoms with Gasteiger partial charge in [-0.15, -0.1) is 0 Å². The van der Waals surface area contributed by atoms with Gasteiger partial charge < -0.3 is 4.18 Å². The first-order valence-electron chi connectivity index (χ1n) is 8.47. The lowest BCUT2D eigenvalue weighted by molar-refractivity contribution is -0.134. The van der Waals surface area contributed by atoms with Gasteiger partial charge in [0.25, 0.3) is 0 Å². The number of hydrogen-bond acceptors (Lipinski definition) is 5. The fourth-order valence-corrected chi connectivity index (χ4v) is 5.12. The third-order valence-electron chi connectivity index (χ3n) is 6.17. The number of ketones is 2. The average Bonchev–Trinajstić information content (AvgIpc) is 2.74. The second-order valence-electron chi connectivity index (χ2n) is 7.37. The van der Waals surface area contributed by atoms with Gasteiger partial charge in [0.2, 0.25) is 0 Å². The van der Waals surface area contributed by atoms with Crippen molar-refractivity contribution >= 4 is 29.9 Å². The molecule has 4 rings (SSSR count). The largest absolute Gasteiger partial charge is 0.410 e. The number of hydrogen-bond donors (Lipinski definition) is 1. The van der Waals surface area contributed by atoms with Crippen LogP contribution < -0.4 is 9.32 Å². The molecule has 0 amide bonds. The first kappa shape index (κ1) is 15.9. The zero-order valence-electron chi connectivity index (χ0n) is 13.7. The highest BCUT2D eigenvalue weighted by Crippen LogP contribution is 2.55. The summed E-state index contributed by atoms with van der Waals surface area (Å²) >= 11 is 0.836. The van der Waals surface area contributed by atoms with Gasteiger partial charge in [-0.25, -0.2) is 5.14 Å². The maximum absolute atomic E-state index is 12.8. The Morgan fingerprint density at radius 1 is 1.25 bits per heavy atom. The van der Waals surface area contributed by atoms with Crippen molar-refractivity contribution in [3.05, 3.63) is 34.9 Å². The number of carbonyl (C=O) groups excluding carboxylic acids is 2. The van der Waals surface area contributed by atoms with E-state index in [1.807, 2.05) is 25.1 Å². The molecule has 0 bridgehead atoms. The summed E-state index contributed by atoms with van der Waals surface area (Å²) in [5, 5.41) is 5.37. The normalized spacial score (nSPS) is 31.7. The van der Waals surface area contributed by atoms with Gasteiger partial charge in [0.1, 0.15) is 23.8 Å². The van der Waals surface area contributed by atoms with E-state index in [9.17, 15) is 9.59 Å². The van der Waals surface area contributed by atoms with Crippen molar-refractivity contribution in [2.24, 2.45) is 22.4 Å². The number of aryl methyl sites for hydroxylation is 1. The molecule has 0 heterocycles. The third kappa shape index (κ3) is 2.33. The number of nitrogens with two attached hydrogens (primary N) is 1. The second kappa shape index (κ2) is 5.74. The number of fused-ring (bicyclic) bond motifs is 4. The molecule has 2 saturated carbocycles. The molecular formula is C19H21NO3S. The van der Waals surface area contributed by atoms with Crippen LogP contribution in [0.5, 0.6) is 5.75 Å². The zero-order valence-corrected chi connectivity index (χ0v) is 14.5. The lowest BCUT2D eigenvalue weighted by Crippen LogP contribution is -2.42. The minimum absolute atomic E-state index is 0.152. The Kier molecular flexibility index (Phi) is 3.81. The predicted molar refractivity (Wildman–Crippen MR) is 94.1 cm³/mol. The van der Waals surface area contributed by atoms with Crippen LogP contribution in [0.25, 0.3) is 6.08 Å². The van der Waals surface area contributed by atoms with Gasteiger partial charge in [-0.3, -0.25) is 9.59 Å². The molecule has 0 aliphatic heterocycles. The van der Waals surface area contributed by atoms with Crippen LogP contribution in [0.4, 0.5) is 0 Å². The average molecular weight is 343 g/mol. The van der Waals surface area contributed by atoms with Gasteiger partial charge in [-0.1, -0.05) is 13.0 Å². The number of allylic oxidation sites excluding steroid dienone is 1. The van der Waals surface area contributed by atoms with Gasteiger partial charge >= 0.3 is 0 Å². The minimum atomic E-state index is -0.444. The molecule has 2 fully saturated rings. The van der Waals surface area contributed by atoms with Gasteiger partial charge in [-0.2, -0.15) is 0 Å². The van der Waals surface area contributed by atoms with Gasteiger partial charge in [-0.05, 0) is 66.0 Å². The van der Waals surface area contributed by atoms with Crippen LogP contribution in [0.15, 0.2) is 23.8 Å². The molecule has 5 heteroatoms. The lowest BCUT2D eigenvalue weighted by Gasteiger charge is -2.41. The molecule has 0 radical (unpaired) electrons. The summed E-state index contributed by atoms with van der Waals surface area (Å²) in [7, 11) is 0. The Morgan fingerprint density at radius 3 is 2.88 bits per heavy atom. The highest BCUT2D eigenvalue weighted by Gasteiger charge is 2.54. The fourth-order valence-electron chi connectivity index (χ4n) is 4.90. The Morgan fingerprint density at radius 2 is 2.08 bits per heavy atom. The van der Waals surface area contributed by atoms with Crippen molar-refractivity contribution in [2.45, 2.75) is 39.0 Å². The van der Waals surface area contributed by atoms with Crippen molar-refractivity contribution in [3.8, 4) is 5.75 Å². The van der Waals surface area contributed by atoms with E-state index < -0.39 is 5.41 Å². The van der Waals surface area contributed by atoms with Crippen LogP contribution in [-0.2, 0) is 16.0 Å². The van der Waals surface area contributed by atoms with Gasteiger partial charge in [0.15, 0.2) is 5.78 Å². The van der Waals surface area contributed by atoms with Crippen molar-refractivity contribution in [1.29, 1.82) is 0 Å². The summed E-state index contributed by atoms with van der Waals surface area (Å²) in [5.41, 5.74) is 2.75. The molecule has 0 spiro atoms. The first-order chi connectivity index (χ1) is 11.5. The van der Waals surface area contributed by atoms with E-state index in [4.69, 9.17) is 9.32 Å². The van der Waals surface area contributed by atoms with Crippen molar-refractivity contribution in [2.75, 3.05) is 0 Å². The SMILES string of the molecule is CC12CC(=O)C3=Cc4ccc(OSN)cc4CCC3C1CCC2=O. The lowest BCUT2D eigenvalue weighted by atomic mass is 9.61. The van der Waals surface area contributed by atoms with E-state index in [-0.39, 0.29) is 17.5 Å². The van der Waals surface area contributed by atoms with Gasteiger partial charge in [0, 0.05) is 18.3 Å². The van der Waals surface area contributed by atoms with E-state index in [1.165, 1.54) is 5.56 Å². The van der Waals surface area contributed by atoms with E-state index in [0.717, 1.165) is 48.4 Å². The summed E-state index contributed by atoms with van der Waals surface area (Å²) in [6, 6.07) is 5.89. The quantitative estimate of drug-likeness (QED) is 0.657. The smallest absolute Gasteiger partial charge is 0.160 e. The Balaban J connectivity index is 1.73. The molecule has 0 aromatic heterocycles. The van der Waals surface area contributed by atoms with E-state index in [2.05, 4.69) is 6.08 Å². The standard InChI is InChI=1S/C19H21NO3S/c1-19-10-17(21)15-9-12-2-4-13(23-24-20)8-11(12)3-5-14(15)16(19)6-7-18(19)22/h2,4,8-9,14,16H,3,5-7,10,20H2,1H3. The van der Waals surface area contributed by atoms with E-state index >= 15 is 0 Å². The Labute approximate surface area is 146 Å². The molecule has 24 heavy (non-hydrogen) atoms. The molecule has 3 aliphatic rings. The molecule has 126 valence electrons. The Bertz CT molecular complexity index is 757. The number of rotatable bonds is 2. The molecule has 3 aliphatic carbocycles. The highest BCUT2D eigenvalue weighted by molar-refractivity contribution is 7.92. The van der Waals surface area contributed by atoms with Crippen LogP contribution in [0.2, 0.25) is 0 Å². The van der Waals surface area contributed by atoms with Crippen LogP contribution in [-0.4, -0.2) is 11.6 Å². The maximum atomic E-state index is 12.8. The molecule has 3 unspecified atom stereocenters. The molecule has 2 N–H and O–H groups in total. The summed E-state index contributed by atoms with van der Waals surface area (Å²) in [5.74, 6) is 1.66. The minimum Gasteiger partial charge on any atom is -0.410 e. The van der Waals surface area contributed by atoms with Crippen molar-refractivity contribution < 1.29 is 13.8 Å². The summed E-state index contributed by atoms with van der Waals surface area (Å²) in [6.45, 7) is 2.00. The molecule has 4 nitrogen and oxygen atoms in total. The van der Waals surface area contributed by atoms with Gasteiger partial charge in [0.05, 0.1) is 0 Å². The molecule has 1 aromatic carbocycles. The van der Waals surface area contributed by atoms with Crippen molar-refractivity contribution in [3.63, 3.8) is 0 Å². The molecule has 1 aromatic rings. The summed E-state index contributed by atoms with van der Waals surface area (Å²) in [6.07, 6.45) is 5.77. The number of benzene rings is 1. The third-order valence-corrected chi connectivity index (χ3v) is 6.46. The topological polar surface area (TPSA) is 69.4 Å². The highest BCUT2D eigenvalue weighted by atomic mass is 32.2. The van der Waals surface area contributed by atoms with Crippen LogP contribution in [0.3, 0.4) is 0 Å². The molecular weight excluding hydrogens is 322 g/mol. The fraction of sp³-hybridized carbons (Fsp3) is 0.474. The summed E-state index contributed by atoms with van der Waals surface area (Å²) < 4.78 is 5.31. The number of Topliss-reactive ketones (excluding diaryl/α,β-unsaturated/α-hetero) is 2. The number of carbonyl (C=O) groups is 2.